The minimum absolute atomic E-state index is 0.182. The van der Waals surface area contributed by atoms with Gasteiger partial charge in [-0.3, -0.25) is 9.36 Å². The van der Waals surface area contributed by atoms with E-state index in [-0.39, 0.29) is 23.7 Å². The molecule has 7 nitrogen and oxygen atoms in total. The highest BCUT2D eigenvalue weighted by molar-refractivity contribution is 5.90. The van der Waals surface area contributed by atoms with Crippen molar-refractivity contribution < 1.29 is 14.6 Å². The number of amides is 1. The number of nitrogens with zero attached hydrogens (tertiary/aromatic N) is 2. The van der Waals surface area contributed by atoms with Crippen molar-refractivity contribution in [3.63, 3.8) is 0 Å². The van der Waals surface area contributed by atoms with Crippen LogP contribution in [0.4, 0.5) is 5.82 Å². The number of anilines is 1. The van der Waals surface area contributed by atoms with E-state index in [1.165, 1.54) is 4.57 Å². The maximum atomic E-state index is 12.0. The first-order valence-electron chi connectivity index (χ1n) is 7.12. The highest BCUT2D eigenvalue weighted by atomic mass is 16.5. The Balaban J connectivity index is 2.13. The van der Waals surface area contributed by atoms with Gasteiger partial charge < -0.3 is 15.2 Å². The second kappa shape index (κ2) is 6.36. The molecule has 1 fully saturated rings. The maximum absolute atomic E-state index is 12.0. The molecule has 0 spiro atoms. The number of aliphatic hydroxyl groups is 1. The van der Waals surface area contributed by atoms with Gasteiger partial charge in [-0.05, 0) is 25.8 Å². The van der Waals surface area contributed by atoms with E-state index in [1.54, 1.807) is 33.0 Å². The molecule has 1 aromatic heterocycles. The first-order chi connectivity index (χ1) is 9.88. The number of nitrogens with one attached hydrogen (secondary N) is 1. The Hall–Kier alpha value is -1.73. The molecule has 0 saturated carbocycles. The van der Waals surface area contributed by atoms with E-state index in [9.17, 15) is 14.7 Å². The van der Waals surface area contributed by atoms with Gasteiger partial charge in [-0.2, -0.15) is 4.98 Å². The highest BCUT2D eigenvalue weighted by Gasteiger charge is 2.28. The van der Waals surface area contributed by atoms with Crippen molar-refractivity contribution in [2.45, 2.75) is 52.0 Å². The van der Waals surface area contributed by atoms with Gasteiger partial charge in [0.25, 0.3) is 0 Å². The number of carbonyl (C=O) groups is 1. The molecule has 116 valence electrons. The molecule has 1 aliphatic heterocycles. The molecule has 0 bridgehead atoms. The van der Waals surface area contributed by atoms with Crippen LogP contribution in [0.1, 0.15) is 39.8 Å². The average Bonchev–Trinajstić information content (AvgIpc) is 2.42. The van der Waals surface area contributed by atoms with Crippen LogP contribution in [0.2, 0.25) is 0 Å². The summed E-state index contributed by atoms with van der Waals surface area (Å²) >= 11 is 0. The minimum Gasteiger partial charge on any atom is -0.390 e. The van der Waals surface area contributed by atoms with Crippen molar-refractivity contribution in [2.75, 3.05) is 5.32 Å². The van der Waals surface area contributed by atoms with Crippen molar-refractivity contribution in [1.29, 1.82) is 0 Å². The van der Waals surface area contributed by atoms with Crippen molar-refractivity contribution in [1.82, 2.24) is 9.55 Å². The maximum Gasteiger partial charge on any atom is 0.351 e. The topological polar surface area (TPSA) is 93.5 Å². The molecule has 3 atom stereocenters. The summed E-state index contributed by atoms with van der Waals surface area (Å²) in [5, 5.41) is 12.2. The van der Waals surface area contributed by atoms with Gasteiger partial charge in [0, 0.05) is 12.1 Å². The minimum atomic E-state index is -0.505. The largest absolute Gasteiger partial charge is 0.390 e. The van der Waals surface area contributed by atoms with Gasteiger partial charge in [-0.15, -0.1) is 0 Å². The predicted octanol–water partition coefficient (Wildman–Crippen LogP) is 0.896. The zero-order valence-corrected chi connectivity index (χ0v) is 12.4. The zero-order valence-electron chi connectivity index (χ0n) is 12.4. The molecule has 1 aromatic rings. The van der Waals surface area contributed by atoms with Gasteiger partial charge in [-0.25, -0.2) is 4.79 Å². The van der Waals surface area contributed by atoms with Gasteiger partial charge >= 0.3 is 5.69 Å². The molecule has 3 unspecified atom stereocenters. The van der Waals surface area contributed by atoms with E-state index in [4.69, 9.17) is 4.74 Å². The normalized spacial score (nSPS) is 25.9. The summed E-state index contributed by atoms with van der Waals surface area (Å²) in [7, 11) is 0. The van der Waals surface area contributed by atoms with Crippen LogP contribution in [-0.2, 0) is 9.53 Å². The Morgan fingerprint density at radius 3 is 2.81 bits per heavy atom. The van der Waals surface area contributed by atoms with Gasteiger partial charge in [0.15, 0.2) is 0 Å². The summed E-state index contributed by atoms with van der Waals surface area (Å²) in [6.45, 7) is 5.30. The van der Waals surface area contributed by atoms with Crippen molar-refractivity contribution in [2.24, 2.45) is 5.92 Å². The van der Waals surface area contributed by atoms with Crippen LogP contribution in [-0.4, -0.2) is 32.8 Å². The Morgan fingerprint density at radius 1 is 1.52 bits per heavy atom. The predicted molar refractivity (Wildman–Crippen MR) is 76.8 cm³/mol. The van der Waals surface area contributed by atoms with E-state index >= 15 is 0 Å². The third-order valence-corrected chi connectivity index (χ3v) is 3.54. The summed E-state index contributed by atoms with van der Waals surface area (Å²) < 4.78 is 6.99. The summed E-state index contributed by atoms with van der Waals surface area (Å²) in [6.07, 6.45) is 1.42. The standard InChI is InChI=1S/C14H21N3O4/c1-8(2)13(19)15-11-6-7-17(14(20)16-11)12-5-4-10(18)9(3)21-12/h6-10,12,18H,4-5H2,1-3H3,(H,15,16,19,20). The lowest BCUT2D eigenvalue weighted by molar-refractivity contribution is -0.139. The van der Waals surface area contributed by atoms with Crippen LogP contribution in [0.3, 0.4) is 0 Å². The van der Waals surface area contributed by atoms with E-state index < -0.39 is 18.0 Å². The third kappa shape index (κ3) is 3.68. The number of hydrogen-bond acceptors (Lipinski definition) is 5. The average molecular weight is 295 g/mol. The molecule has 7 heteroatoms. The monoisotopic (exact) mass is 295 g/mol. The third-order valence-electron chi connectivity index (χ3n) is 3.54. The molecule has 1 saturated heterocycles. The molecule has 1 aliphatic rings. The van der Waals surface area contributed by atoms with Crippen LogP contribution in [0.15, 0.2) is 17.1 Å². The molecule has 0 radical (unpaired) electrons. The smallest absolute Gasteiger partial charge is 0.351 e. The number of aromatic nitrogens is 2. The lowest BCUT2D eigenvalue weighted by atomic mass is 10.1. The van der Waals surface area contributed by atoms with Crippen LogP contribution in [0.25, 0.3) is 0 Å². The van der Waals surface area contributed by atoms with Crippen molar-refractivity contribution in [3.05, 3.63) is 22.7 Å². The number of hydrogen-bond donors (Lipinski definition) is 2. The van der Waals surface area contributed by atoms with Crippen molar-refractivity contribution in [3.8, 4) is 0 Å². The Bertz CT molecular complexity index is 570. The number of rotatable bonds is 3. The summed E-state index contributed by atoms with van der Waals surface area (Å²) in [5.41, 5.74) is -0.481. The number of ether oxygens (including phenoxy) is 1. The number of aliphatic hydroxyl groups excluding tert-OH is 1. The molecule has 2 heterocycles. The molecule has 0 aromatic carbocycles. The van der Waals surface area contributed by atoms with Crippen LogP contribution in [0.5, 0.6) is 0 Å². The van der Waals surface area contributed by atoms with E-state index in [2.05, 4.69) is 10.3 Å². The molecule has 1 amide bonds. The fourth-order valence-corrected chi connectivity index (χ4v) is 2.13. The first kappa shape index (κ1) is 15.7. The van der Waals surface area contributed by atoms with Gasteiger partial charge in [0.2, 0.25) is 5.91 Å². The summed E-state index contributed by atoms with van der Waals surface area (Å²) in [6, 6.07) is 1.57. The van der Waals surface area contributed by atoms with E-state index in [0.717, 1.165) is 0 Å². The first-order valence-corrected chi connectivity index (χ1v) is 7.12. The second-order valence-electron chi connectivity index (χ2n) is 5.59. The Labute approximate surface area is 123 Å². The van der Waals surface area contributed by atoms with Gasteiger partial charge in [0.1, 0.15) is 12.0 Å². The number of carbonyl (C=O) groups excluding carboxylic acids is 1. The van der Waals surface area contributed by atoms with Crippen LogP contribution in [0, 0.1) is 5.92 Å². The SMILES string of the molecule is CC(C)C(=O)Nc1ccn(C2CCC(O)C(C)O2)c(=O)n1. The molecular formula is C14H21N3O4. The fraction of sp³-hybridized carbons (Fsp3) is 0.643. The quantitative estimate of drug-likeness (QED) is 0.864. The fourth-order valence-electron chi connectivity index (χ4n) is 2.13. The summed E-state index contributed by atoms with van der Waals surface area (Å²) in [5.74, 6) is -0.137. The van der Waals surface area contributed by atoms with Crippen LogP contribution >= 0.6 is 0 Å². The van der Waals surface area contributed by atoms with Gasteiger partial charge in [0.05, 0.1) is 12.2 Å². The van der Waals surface area contributed by atoms with E-state index in [1.807, 2.05) is 0 Å². The Kier molecular flexibility index (Phi) is 4.74. The van der Waals surface area contributed by atoms with Gasteiger partial charge in [-0.1, -0.05) is 13.8 Å². The second-order valence-corrected chi connectivity index (χ2v) is 5.59. The highest BCUT2D eigenvalue weighted by Crippen LogP contribution is 2.25. The molecular weight excluding hydrogens is 274 g/mol. The zero-order chi connectivity index (χ0) is 15.6. The molecule has 2 rings (SSSR count). The van der Waals surface area contributed by atoms with E-state index in [0.29, 0.717) is 12.8 Å². The summed E-state index contributed by atoms with van der Waals surface area (Å²) in [4.78, 5) is 27.5. The lowest BCUT2D eigenvalue weighted by Gasteiger charge is -2.32. The lowest BCUT2D eigenvalue weighted by Crippen LogP contribution is -2.39. The molecule has 21 heavy (non-hydrogen) atoms. The Morgan fingerprint density at radius 2 is 2.24 bits per heavy atom. The van der Waals surface area contributed by atoms with Crippen molar-refractivity contribution >= 4 is 11.7 Å². The molecule has 0 aliphatic carbocycles. The molecule has 2 N–H and O–H groups in total. The van der Waals surface area contributed by atoms with Crippen LogP contribution < -0.4 is 11.0 Å².